The van der Waals surface area contributed by atoms with Gasteiger partial charge in [-0.3, -0.25) is 4.99 Å². The minimum absolute atomic E-state index is 0. The van der Waals surface area contributed by atoms with Gasteiger partial charge in [0.05, 0.1) is 0 Å². The Morgan fingerprint density at radius 1 is 0.889 bits per heavy atom. The van der Waals surface area contributed by atoms with E-state index in [4.69, 9.17) is 14.7 Å². The zero-order valence-electron chi connectivity index (χ0n) is 34.5. The van der Waals surface area contributed by atoms with Crippen molar-refractivity contribution in [2.45, 2.75) is 113 Å². The van der Waals surface area contributed by atoms with Gasteiger partial charge in [-0.25, -0.2) is 13.4 Å². The molecule has 3 heterocycles. The number of para-hydroxylation sites is 1. The summed E-state index contributed by atoms with van der Waals surface area (Å²) in [6, 6.07) is 31.6. The molecule has 1 aromatic heterocycles. The summed E-state index contributed by atoms with van der Waals surface area (Å²) in [5.74, 6) is 0.814. The van der Waals surface area contributed by atoms with E-state index in [9.17, 15) is 11.2 Å². The molecule has 0 amide bonds. The molecule has 0 unspecified atom stereocenters. The van der Waals surface area contributed by atoms with Crippen molar-refractivity contribution in [2.75, 3.05) is 4.90 Å². The van der Waals surface area contributed by atoms with Gasteiger partial charge in [0.15, 0.2) is 9.84 Å². The topological polar surface area (TPSA) is 71.9 Å². The second-order valence-corrected chi connectivity index (χ2v) is 18.7. The van der Waals surface area contributed by atoms with E-state index in [0.29, 0.717) is 22.6 Å². The minimum Gasteiger partial charge on any atom is -0.511 e. The molecule has 0 saturated heterocycles. The monoisotopic (exact) mass is 918 g/mol. The van der Waals surface area contributed by atoms with E-state index in [1.165, 1.54) is 0 Å². The van der Waals surface area contributed by atoms with Crippen LogP contribution in [0.25, 0.3) is 0 Å². The van der Waals surface area contributed by atoms with Gasteiger partial charge in [-0.2, -0.15) is 12.1 Å². The van der Waals surface area contributed by atoms with Crippen molar-refractivity contribution in [1.29, 1.82) is 0 Å². The van der Waals surface area contributed by atoms with Crippen LogP contribution in [0.2, 0.25) is 0 Å². The average molecular weight is 919 g/mol. The normalized spacial score (nSPS) is 22.5. The van der Waals surface area contributed by atoms with Gasteiger partial charge in [-0.15, -0.1) is 35.4 Å². The van der Waals surface area contributed by atoms with E-state index in [1.54, 1.807) is 25.3 Å². The Balaban J connectivity index is 0.00000480. The molecule has 2 aliphatic heterocycles. The number of anilines is 3. The molecule has 0 fully saturated rings. The summed E-state index contributed by atoms with van der Waals surface area (Å²) in [5, 5.41) is 0. The molecule has 8 rings (SSSR count). The van der Waals surface area contributed by atoms with Crippen LogP contribution >= 0.6 is 0 Å². The number of hydrogen-bond donors (Lipinski definition) is 0. The fourth-order valence-corrected chi connectivity index (χ4v) is 9.22. The fraction of sp³-hybridized carbons (Fsp3) is 0.348. The van der Waals surface area contributed by atoms with Crippen molar-refractivity contribution in [3.05, 3.63) is 142 Å². The van der Waals surface area contributed by atoms with Gasteiger partial charge in [0, 0.05) is 21.0 Å². The van der Waals surface area contributed by atoms with Gasteiger partial charge in [0.2, 0.25) is 0 Å². The molecule has 280 valence electrons. The summed E-state index contributed by atoms with van der Waals surface area (Å²) in [6.07, 6.45) is -0.0591. The number of benzene rings is 4. The molecule has 1 aliphatic carbocycles. The van der Waals surface area contributed by atoms with E-state index in [0.717, 1.165) is 39.1 Å². The SMILES string of the molecule is [2H]C1([2H])c2c(C)cccc2[C@@]2(C)N=C(c3[c-]c(S(=O)(=O)c4[c-]c5c(cc4)C(C)(C)c4ccccc4N5c4cc(C(C)(C)C)ccn4)cc(C(C)C)c3)O[C@@]12C.[Pt+2]. The number of aromatic nitrogens is 1. The molecule has 5 aromatic rings. The standard InChI is InChI=1S/C46H47N3O3S.Pt/c1-28(2)30-22-31(42-48-46(10)36-16-13-14-29(3)35(36)27-45(46,9)52-42)24-34(23-30)53(50,51)33-18-19-38-40(26-33)49(39-17-12-11-15-37(39)44(38,7)8)41-25-32(20-21-47-41)43(4,5)6;/h11-23,25,28H,27H2,1-10H3;/q-2;+2/t45-,46+;/m0./s1/i27D2;. The first-order chi connectivity index (χ1) is 25.6. The van der Waals surface area contributed by atoms with Crippen molar-refractivity contribution in [3.63, 3.8) is 0 Å². The quantitative estimate of drug-likeness (QED) is 0.164. The number of hydrogen-bond acceptors (Lipinski definition) is 6. The van der Waals surface area contributed by atoms with Crippen LogP contribution in [0.3, 0.4) is 0 Å². The number of fused-ring (bicyclic) bond motifs is 5. The number of sulfone groups is 1. The van der Waals surface area contributed by atoms with Crippen molar-refractivity contribution < 1.29 is 37.0 Å². The first-order valence-corrected chi connectivity index (χ1v) is 19.8. The smallest absolute Gasteiger partial charge is 0.511 e. The molecule has 6 nitrogen and oxygen atoms in total. The molecule has 4 aromatic carbocycles. The summed E-state index contributed by atoms with van der Waals surface area (Å²) in [5.41, 5.74) is 4.99. The Bertz CT molecular complexity index is 2580. The summed E-state index contributed by atoms with van der Waals surface area (Å²) < 4.78 is 54.9. The van der Waals surface area contributed by atoms with E-state index in [2.05, 4.69) is 58.9 Å². The van der Waals surface area contributed by atoms with E-state index < -0.39 is 32.8 Å². The molecule has 0 N–H and O–H groups in total. The van der Waals surface area contributed by atoms with E-state index >= 15 is 0 Å². The zero-order valence-corrected chi connectivity index (χ0v) is 35.5. The number of nitrogens with zero attached hydrogens (tertiary/aromatic N) is 3. The summed E-state index contributed by atoms with van der Waals surface area (Å²) in [6.45, 7) is 20.3. The maximum Gasteiger partial charge on any atom is 2.00 e. The van der Waals surface area contributed by atoms with Gasteiger partial charge in [0.1, 0.15) is 22.9 Å². The zero-order chi connectivity index (χ0) is 39.7. The van der Waals surface area contributed by atoms with Crippen LogP contribution < -0.4 is 4.90 Å². The Hall–Kier alpha value is -4.06. The first kappa shape index (κ1) is 35.6. The predicted octanol–water partition coefficient (Wildman–Crippen LogP) is 10.4. The Labute approximate surface area is 338 Å². The maximum atomic E-state index is 14.9. The van der Waals surface area contributed by atoms with Gasteiger partial charge in [0.25, 0.3) is 0 Å². The van der Waals surface area contributed by atoms with Crippen LogP contribution in [0.4, 0.5) is 17.2 Å². The third-order valence-electron chi connectivity index (χ3n) is 11.5. The van der Waals surface area contributed by atoms with E-state index in [1.807, 2.05) is 87.2 Å². The van der Waals surface area contributed by atoms with E-state index in [-0.39, 0.29) is 48.1 Å². The van der Waals surface area contributed by atoms with Crippen molar-refractivity contribution in [3.8, 4) is 0 Å². The molecular formula is C46H47N3O3PtS. The van der Waals surface area contributed by atoms with Crippen LogP contribution in [0, 0.1) is 19.1 Å². The molecule has 0 radical (unpaired) electrons. The van der Waals surface area contributed by atoms with Crippen LogP contribution in [0.5, 0.6) is 0 Å². The van der Waals surface area contributed by atoms with Gasteiger partial charge in [-0.1, -0.05) is 96.1 Å². The maximum absolute atomic E-state index is 14.9. The predicted molar refractivity (Wildman–Crippen MR) is 212 cm³/mol. The van der Waals surface area contributed by atoms with Crippen molar-refractivity contribution in [1.82, 2.24) is 4.98 Å². The van der Waals surface area contributed by atoms with Crippen molar-refractivity contribution >= 4 is 32.9 Å². The second kappa shape index (κ2) is 12.7. The first-order valence-electron chi connectivity index (χ1n) is 19.3. The van der Waals surface area contributed by atoms with Crippen LogP contribution in [-0.2, 0) is 58.4 Å². The third kappa shape index (κ3) is 5.72. The van der Waals surface area contributed by atoms with Crippen molar-refractivity contribution in [2.24, 2.45) is 4.99 Å². The molecule has 8 heteroatoms. The van der Waals surface area contributed by atoms with Crippen LogP contribution in [0.15, 0.2) is 99.8 Å². The number of pyridine rings is 1. The Morgan fingerprint density at radius 2 is 1.61 bits per heavy atom. The molecule has 0 bridgehead atoms. The molecule has 0 saturated carbocycles. The third-order valence-corrected chi connectivity index (χ3v) is 13.1. The Kier molecular flexibility index (Phi) is 8.41. The van der Waals surface area contributed by atoms with Gasteiger partial charge < -0.3 is 9.64 Å². The molecule has 0 spiro atoms. The van der Waals surface area contributed by atoms with Crippen LogP contribution in [0.1, 0.15) is 115 Å². The summed E-state index contributed by atoms with van der Waals surface area (Å²) >= 11 is 0. The van der Waals surface area contributed by atoms with Crippen LogP contribution in [-0.4, -0.2) is 24.9 Å². The summed E-state index contributed by atoms with van der Waals surface area (Å²) in [4.78, 5) is 11.9. The van der Waals surface area contributed by atoms with Gasteiger partial charge in [-0.05, 0) is 93.3 Å². The largest absolute Gasteiger partial charge is 2.00 e. The average Bonchev–Trinajstić information content (AvgIpc) is 3.49. The second-order valence-electron chi connectivity index (χ2n) is 16.8. The number of aliphatic imine (C=N–C) groups is 1. The summed E-state index contributed by atoms with van der Waals surface area (Å²) in [7, 11) is -4.20. The molecule has 2 atom stereocenters. The fourth-order valence-electron chi connectivity index (χ4n) is 7.97. The number of ether oxygens (including phenoxy) is 1. The number of rotatable bonds is 5. The molecule has 3 aliphatic rings. The van der Waals surface area contributed by atoms with Gasteiger partial charge >= 0.3 is 21.1 Å². The molecular weight excluding hydrogens is 870 g/mol. The number of aryl methyl sites for hydroxylation is 1. The Morgan fingerprint density at radius 3 is 2.33 bits per heavy atom. The molecule has 54 heavy (non-hydrogen) atoms. The minimum atomic E-state index is -4.20.